The van der Waals surface area contributed by atoms with Crippen LogP contribution in [0.3, 0.4) is 0 Å². The number of nitrogens with two attached hydrogens (primary N) is 3. The predicted molar refractivity (Wildman–Crippen MR) is 474 cm³/mol. The molecule has 0 radical (unpaired) electrons. The second-order valence-electron chi connectivity index (χ2n) is 33.9. The first kappa shape index (κ1) is 106. The molecule has 8 aromatic heterocycles. The molecule has 8 aliphatic heterocycles. The number of hydrogen-bond donors (Lipinski definition) is 12. The first-order chi connectivity index (χ1) is 63.3. The standard InChI is InChI=1S/C22H23ClF3N7O3.2C18H19ClF3N7O2.C14H15BrF3N3O2.C8H9ClN4O.K.H2O/c1-11-8-13(29-16-14(23)17(28-10-27-16)30-18(34)12-2-3-12)20(36)33-15(11)19(35)31-21(33)4-6-32(7-5-21)9-22(24,25)26;2*1-9-6-10(26-14-11(19)13(23)24-8-25-14)16(31)29-12(9)15(30)27-17(29)2-4-28(5-3-17)7-18(20,21)22;1-8-6-9(15)12(23)21-10(8)11(22)19-13(21)2-4-20(5-3-13)7-14(16,17)18;9-5-6(10)11-3-12-7(5)13-8(14)4-1-2-4;;/h8,10,12H,2-7,9H2,1H3,(H,31,35)(H2,27,28,29,30,34);2*6,8H,2-5,7H2,1H3,(H,27,30)(H3,23,24,25,26);6H,2-5,7H2,1H3,(H,19,22);3-4H,1-2H2,(H3,10,11,12,13,14);;1H2/q;;;;;+1;/p-1. The third-order valence-electron chi connectivity index (χ3n) is 24.2. The Morgan fingerprint density at radius 3 is 0.854 bits per heavy atom. The van der Waals surface area contributed by atoms with Gasteiger partial charge in [-0.05, 0) is 116 Å². The van der Waals surface area contributed by atoms with E-state index in [0.717, 1.165) is 25.7 Å². The van der Waals surface area contributed by atoms with Gasteiger partial charge in [-0.2, -0.15) is 52.7 Å². The Kier molecular flexibility index (Phi) is 31.7. The van der Waals surface area contributed by atoms with Gasteiger partial charge in [-0.1, -0.05) is 46.4 Å². The molecule has 732 valence electrons. The molecule has 137 heavy (non-hydrogen) atoms. The van der Waals surface area contributed by atoms with E-state index in [-0.39, 0.29) is 296 Å². The number of alkyl halides is 12. The Morgan fingerprint density at radius 2 is 0.599 bits per heavy atom. The number of hydrogen-bond acceptors (Lipinski definition) is 29. The fraction of sp³-hybridized carbons (Fsp3) is 0.475. The minimum atomic E-state index is -4.33. The van der Waals surface area contributed by atoms with Crippen LogP contribution in [0.4, 0.5) is 116 Å². The number of aromatic nitrogens is 12. The van der Waals surface area contributed by atoms with E-state index in [1.165, 1.54) is 81.4 Å². The van der Waals surface area contributed by atoms with Crippen molar-refractivity contribution in [1.29, 1.82) is 0 Å². The van der Waals surface area contributed by atoms with E-state index in [1.807, 2.05) is 0 Å². The van der Waals surface area contributed by atoms with E-state index < -0.39 is 108 Å². The molecule has 0 aromatic carbocycles. The number of anilines is 11. The maximum atomic E-state index is 13.6. The molecule has 16 heterocycles. The van der Waals surface area contributed by atoms with Crippen LogP contribution in [0.1, 0.15) is 141 Å². The number of likely N-dealkylation sites (tertiary alicyclic amines) is 4. The minimum absolute atomic E-state index is 0. The van der Waals surface area contributed by atoms with Crippen LogP contribution in [-0.2, 0) is 32.2 Å². The number of carbonyl (C=O) groups excluding carboxylic acids is 6. The first-order valence-corrected chi connectivity index (χ1v) is 44.0. The summed E-state index contributed by atoms with van der Waals surface area (Å²) < 4.78 is 158. The van der Waals surface area contributed by atoms with E-state index >= 15 is 0 Å². The van der Waals surface area contributed by atoms with Crippen LogP contribution < -0.4 is 139 Å². The molecule has 39 nitrogen and oxygen atoms in total. The molecule has 4 saturated heterocycles. The summed E-state index contributed by atoms with van der Waals surface area (Å²) in [7, 11) is 0. The number of piperidine rings is 4. The quantitative estimate of drug-likeness (QED) is 0.0404. The van der Waals surface area contributed by atoms with Crippen LogP contribution >= 0.6 is 62.3 Å². The van der Waals surface area contributed by atoms with Crippen molar-refractivity contribution in [2.45, 2.75) is 152 Å². The number of nitrogen functional groups attached to an aromatic ring is 3. The molecule has 4 spiro atoms. The molecule has 0 atom stereocenters. The maximum absolute atomic E-state index is 13.6. The SMILES string of the molecule is Cc1cc(Br)c(=O)n2c1C(=O)NC21CCN(CC(F)(F)F)CC1.Cc1cc(Nc2ncnc(N)c2Cl)c(=O)n2c1C(=O)NC21CCN(CC(F)(F)F)CC1.Cc1cc(Nc2ncnc(N)c2Cl)c(=O)n2c1C(=O)NC21CCN(CC(F)(F)F)CC1.Cc1cc(Nc2ncnc(NC(=O)C3CC3)c2Cl)c(=O)n2c1C(=O)NC21CCN(CC(F)(F)F)CC1.Nc1ncnc(NC(=O)C2CC2)c1Cl.[K+].[OH-]. The molecule has 0 unspecified atom stereocenters. The van der Waals surface area contributed by atoms with Gasteiger partial charge in [0.15, 0.2) is 29.1 Å². The summed E-state index contributed by atoms with van der Waals surface area (Å²) in [5.41, 5.74) is 13.9. The van der Waals surface area contributed by atoms with Gasteiger partial charge in [-0.3, -0.25) is 85.8 Å². The third kappa shape index (κ3) is 23.3. The molecule has 6 fully saturated rings. The number of nitrogens with zero attached hydrogens (tertiary/aromatic N) is 16. The van der Waals surface area contributed by atoms with Crippen molar-refractivity contribution in [1.82, 2.24) is 99.0 Å². The molecule has 18 rings (SSSR count). The predicted octanol–water partition coefficient (Wildman–Crippen LogP) is 6.57. The summed E-state index contributed by atoms with van der Waals surface area (Å²) in [5, 5.41) is 25.4. The largest absolute Gasteiger partial charge is 1.00 e. The average Bonchev–Trinajstić information content (AvgIpc) is 1.59. The molecule has 2 saturated carbocycles. The van der Waals surface area contributed by atoms with Crippen LogP contribution in [-0.4, -0.2) is 222 Å². The Labute approximate surface area is 838 Å². The average molecular weight is 2100 g/mol. The normalized spacial score (nSPS) is 18.3. The fourth-order valence-electron chi connectivity index (χ4n) is 17.5. The smallest absolute Gasteiger partial charge is 0.870 e. The van der Waals surface area contributed by atoms with Crippen molar-refractivity contribution in [3.05, 3.63) is 161 Å². The monoisotopic (exact) mass is 2100 g/mol. The summed E-state index contributed by atoms with van der Waals surface area (Å²) in [5.74, 6) is -0.920. The van der Waals surface area contributed by atoms with Gasteiger partial charge in [-0.15, -0.1) is 0 Å². The zero-order valence-corrected chi connectivity index (χ0v) is 80.8. The molecular formula is C80H86BrCl4F12KN28O11. The first-order valence-electron chi connectivity index (χ1n) is 41.7. The molecule has 8 aromatic rings. The summed E-state index contributed by atoms with van der Waals surface area (Å²) >= 11 is 27.6. The molecule has 6 amide bonds. The Balaban J connectivity index is 0.000000157. The number of pyridine rings is 4. The number of aryl methyl sites for hydroxylation is 4. The van der Waals surface area contributed by atoms with Crippen molar-refractivity contribution in [3.63, 3.8) is 0 Å². The minimum Gasteiger partial charge on any atom is -0.870 e. The van der Waals surface area contributed by atoms with Crippen molar-refractivity contribution in [2.75, 3.05) is 122 Å². The Bertz CT molecular complexity index is 6140. The number of amides is 6. The van der Waals surface area contributed by atoms with Gasteiger partial charge >= 0.3 is 76.1 Å². The van der Waals surface area contributed by atoms with Crippen LogP contribution in [0.2, 0.25) is 20.1 Å². The van der Waals surface area contributed by atoms with Gasteiger partial charge in [0, 0.05) is 116 Å². The van der Waals surface area contributed by atoms with Crippen LogP contribution in [0, 0.1) is 39.5 Å². The third-order valence-corrected chi connectivity index (χ3v) is 26.2. The van der Waals surface area contributed by atoms with Gasteiger partial charge in [0.1, 0.15) is 125 Å². The number of carbonyl (C=O) groups is 6. The fourth-order valence-corrected chi connectivity index (χ4v) is 18.6. The maximum Gasteiger partial charge on any atom is 1.00 e. The van der Waals surface area contributed by atoms with Crippen molar-refractivity contribution >= 4 is 161 Å². The van der Waals surface area contributed by atoms with Gasteiger partial charge in [0.2, 0.25) is 11.8 Å². The van der Waals surface area contributed by atoms with E-state index in [4.69, 9.17) is 63.6 Å². The number of rotatable bonds is 14. The van der Waals surface area contributed by atoms with Crippen LogP contribution in [0.5, 0.6) is 0 Å². The van der Waals surface area contributed by atoms with Crippen molar-refractivity contribution in [3.8, 4) is 0 Å². The second-order valence-corrected chi connectivity index (χ2v) is 36.3. The molecule has 16 N–H and O–H groups in total. The Morgan fingerprint density at radius 1 is 0.380 bits per heavy atom. The van der Waals surface area contributed by atoms with Crippen LogP contribution in [0.15, 0.2) is 73.2 Å². The van der Waals surface area contributed by atoms with E-state index in [2.05, 4.69) is 104 Å². The Hall–Kier alpha value is -10.0. The zero-order valence-electron chi connectivity index (χ0n) is 73.1. The van der Waals surface area contributed by atoms with Gasteiger partial charge in [0.25, 0.3) is 45.9 Å². The summed E-state index contributed by atoms with van der Waals surface area (Å²) in [6.45, 7) is 3.41. The van der Waals surface area contributed by atoms with Gasteiger partial charge < -0.3 is 70.5 Å². The van der Waals surface area contributed by atoms with Gasteiger partial charge in [0.05, 0.1) is 30.7 Å². The van der Waals surface area contributed by atoms with E-state index in [0.29, 0.717) is 32.4 Å². The zero-order chi connectivity index (χ0) is 98.1. The molecular weight excluding hydrogens is 2020 g/mol. The van der Waals surface area contributed by atoms with Crippen LogP contribution in [0.25, 0.3) is 0 Å². The summed E-state index contributed by atoms with van der Waals surface area (Å²) in [6, 6.07) is 6.08. The summed E-state index contributed by atoms with van der Waals surface area (Å²) in [4.78, 5) is 163. The number of halogens is 17. The molecule has 0 bridgehead atoms. The van der Waals surface area contributed by atoms with Crippen molar-refractivity contribution in [2.24, 2.45) is 11.8 Å². The van der Waals surface area contributed by atoms with Gasteiger partial charge in [-0.25, -0.2) is 39.9 Å². The van der Waals surface area contributed by atoms with E-state index in [9.17, 15) is 101 Å². The molecule has 2 aliphatic carbocycles. The number of nitrogens with one attached hydrogen (secondary N) is 9. The van der Waals surface area contributed by atoms with Crippen molar-refractivity contribution < 1.29 is 138 Å². The molecule has 10 aliphatic rings. The van der Waals surface area contributed by atoms with E-state index in [1.54, 1.807) is 33.8 Å². The molecule has 57 heteroatoms. The summed E-state index contributed by atoms with van der Waals surface area (Å²) in [6.07, 6.45) is -7.49. The topological polar surface area (TPSA) is 523 Å². The number of fused-ring (bicyclic) bond motifs is 8. The second kappa shape index (κ2) is 41.0.